The smallest absolute Gasteiger partial charge is 0.0822 e. The van der Waals surface area contributed by atoms with E-state index in [0.29, 0.717) is 0 Å². The summed E-state index contributed by atoms with van der Waals surface area (Å²) in [6.07, 6.45) is 29.0. The minimum Gasteiger partial charge on any atom is -0.237 e. The predicted octanol–water partition coefficient (Wildman–Crippen LogP) is 6.56. The zero-order valence-corrected chi connectivity index (χ0v) is 13.8. The third kappa shape index (κ3) is 18.9. The van der Waals surface area contributed by atoms with Crippen LogP contribution in [0.1, 0.15) is 71.1 Å². The van der Waals surface area contributed by atoms with Gasteiger partial charge < -0.3 is 0 Å². The minimum atomic E-state index is 0.0635. The van der Waals surface area contributed by atoms with Gasteiger partial charge in [-0.3, -0.25) is 0 Å². The van der Waals surface area contributed by atoms with E-state index in [2.05, 4.69) is 55.5 Å². The van der Waals surface area contributed by atoms with E-state index < -0.39 is 0 Å². The highest BCUT2D eigenvalue weighted by molar-refractivity contribution is 4.99. The highest BCUT2D eigenvalue weighted by Crippen LogP contribution is 2.01. The van der Waals surface area contributed by atoms with Crippen molar-refractivity contribution >= 4 is 0 Å². The Bertz CT molecular complexity index is 267. The van der Waals surface area contributed by atoms with Crippen molar-refractivity contribution < 1.29 is 5.11 Å². The lowest BCUT2D eigenvalue weighted by molar-refractivity contribution is 0.187. The van der Waals surface area contributed by atoms with Gasteiger partial charge in [0.05, 0.1) is 6.61 Å². The van der Waals surface area contributed by atoms with Crippen molar-refractivity contribution in [2.24, 2.45) is 0 Å². The SMILES string of the molecule is CCCCCC=CCC=CCC=CC/C=C/CCCC[O]. The molecule has 0 unspecified atom stereocenters. The molecule has 0 aromatic rings. The van der Waals surface area contributed by atoms with Gasteiger partial charge in [0.1, 0.15) is 0 Å². The third-order valence-corrected chi connectivity index (χ3v) is 3.22. The maximum absolute atomic E-state index is 10.2. The van der Waals surface area contributed by atoms with Crippen molar-refractivity contribution in [1.29, 1.82) is 0 Å². The molecule has 119 valence electrons. The van der Waals surface area contributed by atoms with E-state index in [1.54, 1.807) is 0 Å². The molecule has 0 spiro atoms. The molecule has 0 atom stereocenters. The molecule has 0 heterocycles. The molecule has 0 saturated carbocycles. The van der Waals surface area contributed by atoms with Crippen molar-refractivity contribution in [3.63, 3.8) is 0 Å². The van der Waals surface area contributed by atoms with Gasteiger partial charge in [-0.1, -0.05) is 68.4 Å². The summed E-state index contributed by atoms with van der Waals surface area (Å²) in [5.74, 6) is 0. The number of hydrogen-bond donors (Lipinski definition) is 0. The lowest BCUT2D eigenvalue weighted by Gasteiger charge is -1.90. The molecule has 0 aromatic carbocycles. The first-order chi connectivity index (χ1) is 10.4. The molecule has 0 fully saturated rings. The van der Waals surface area contributed by atoms with Gasteiger partial charge in [-0.05, 0) is 51.4 Å². The van der Waals surface area contributed by atoms with Crippen LogP contribution in [0.4, 0.5) is 0 Å². The van der Waals surface area contributed by atoms with Crippen LogP contribution < -0.4 is 0 Å². The van der Waals surface area contributed by atoms with Crippen molar-refractivity contribution in [2.75, 3.05) is 6.61 Å². The Morgan fingerprint density at radius 2 is 1.00 bits per heavy atom. The molecule has 0 aliphatic rings. The molecule has 0 aliphatic carbocycles. The van der Waals surface area contributed by atoms with Gasteiger partial charge in [0, 0.05) is 0 Å². The average Bonchev–Trinajstić information content (AvgIpc) is 2.50. The Morgan fingerprint density at radius 3 is 1.43 bits per heavy atom. The molecule has 0 amide bonds. The van der Waals surface area contributed by atoms with Crippen LogP contribution in [-0.2, 0) is 5.11 Å². The number of unbranched alkanes of at least 4 members (excludes halogenated alkanes) is 5. The molecule has 1 heteroatoms. The molecule has 1 nitrogen and oxygen atoms in total. The van der Waals surface area contributed by atoms with Gasteiger partial charge in [0.25, 0.3) is 0 Å². The summed E-state index contributed by atoms with van der Waals surface area (Å²) in [7, 11) is 0. The molecule has 0 saturated heterocycles. The van der Waals surface area contributed by atoms with E-state index >= 15 is 0 Å². The van der Waals surface area contributed by atoms with Gasteiger partial charge in [-0.25, -0.2) is 5.11 Å². The lowest BCUT2D eigenvalue weighted by Crippen LogP contribution is -1.78. The fourth-order valence-electron chi connectivity index (χ4n) is 1.93. The molecular weight excluding hydrogens is 256 g/mol. The summed E-state index contributed by atoms with van der Waals surface area (Å²) in [6, 6.07) is 0. The standard InChI is InChI=1S/C20H33O/c1-2-3-4-5-6-7-8-9-10-11-12-13-14-15-16-17-18-19-20-21/h6-7,9-10,12-13,15-16H,2-5,8,11,14,17-20H2,1H3/b7-6?,10-9?,13-12?,16-15+. The Balaban J connectivity index is 3.35. The van der Waals surface area contributed by atoms with Crippen molar-refractivity contribution in [2.45, 2.75) is 71.1 Å². The topological polar surface area (TPSA) is 19.9 Å². The van der Waals surface area contributed by atoms with Crippen molar-refractivity contribution in [3.8, 4) is 0 Å². The van der Waals surface area contributed by atoms with Crippen LogP contribution in [0, 0.1) is 0 Å². The van der Waals surface area contributed by atoms with Gasteiger partial charge >= 0.3 is 0 Å². The number of hydrogen-bond acceptors (Lipinski definition) is 0. The number of rotatable bonds is 14. The van der Waals surface area contributed by atoms with E-state index in [1.165, 1.54) is 25.7 Å². The second-order valence-corrected chi connectivity index (χ2v) is 5.29. The molecule has 0 bridgehead atoms. The highest BCUT2D eigenvalue weighted by Gasteiger charge is 1.82. The normalized spacial score (nSPS) is 12.7. The third-order valence-electron chi connectivity index (χ3n) is 3.22. The van der Waals surface area contributed by atoms with Crippen LogP contribution in [-0.4, -0.2) is 6.61 Å². The Morgan fingerprint density at radius 1 is 0.571 bits per heavy atom. The maximum atomic E-state index is 10.2. The second kappa shape index (κ2) is 18.9. The van der Waals surface area contributed by atoms with Crippen LogP contribution in [0.15, 0.2) is 48.6 Å². The molecule has 0 rings (SSSR count). The monoisotopic (exact) mass is 289 g/mol. The van der Waals surface area contributed by atoms with Crippen LogP contribution in [0.5, 0.6) is 0 Å². The summed E-state index contributed by atoms with van der Waals surface area (Å²) in [4.78, 5) is 0. The van der Waals surface area contributed by atoms with Gasteiger partial charge in [0.2, 0.25) is 0 Å². The molecule has 0 aromatic heterocycles. The summed E-state index contributed by atoms with van der Waals surface area (Å²) in [5, 5.41) is 10.2. The first kappa shape index (κ1) is 19.9. The molecule has 0 aliphatic heterocycles. The highest BCUT2D eigenvalue weighted by atomic mass is 16.2. The van der Waals surface area contributed by atoms with Crippen LogP contribution >= 0.6 is 0 Å². The summed E-state index contributed by atoms with van der Waals surface area (Å²) in [5.41, 5.74) is 0. The first-order valence-corrected chi connectivity index (χ1v) is 8.60. The summed E-state index contributed by atoms with van der Waals surface area (Å²) in [6.45, 7) is 2.30. The molecular formula is C20H33O. The average molecular weight is 289 g/mol. The first-order valence-electron chi connectivity index (χ1n) is 8.60. The number of allylic oxidation sites excluding steroid dienone is 8. The fourth-order valence-corrected chi connectivity index (χ4v) is 1.93. The van der Waals surface area contributed by atoms with Crippen LogP contribution in [0.2, 0.25) is 0 Å². The molecule has 1 radical (unpaired) electrons. The maximum Gasteiger partial charge on any atom is 0.0822 e. The zero-order valence-electron chi connectivity index (χ0n) is 13.8. The fraction of sp³-hybridized carbons (Fsp3) is 0.600. The second-order valence-electron chi connectivity index (χ2n) is 5.29. The Hall–Kier alpha value is -1.08. The molecule has 0 N–H and O–H groups in total. The minimum absolute atomic E-state index is 0.0635. The summed E-state index contributed by atoms with van der Waals surface area (Å²) >= 11 is 0. The molecule has 21 heavy (non-hydrogen) atoms. The van der Waals surface area contributed by atoms with E-state index in [9.17, 15) is 5.11 Å². The Labute approximate surface area is 132 Å². The van der Waals surface area contributed by atoms with Crippen molar-refractivity contribution in [3.05, 3.63) is 48.6 Å². The predicted molar refractivity (Wildman–Crippen MR) is 94.0 cm³/mol. The van der Waals surface area contributed by atoms with Gasteiger partial charge in [0.15, 0.2) is 0 Å². The van der Waals surface area contributed by atoms with Gasteiger partial charge in [-0.15, -0.1) is 0 Å². The summed E-state index contributed by atoms with van der Waals surface area (Å²) < 4.78 is 0. The van der Waals surface area contributed by atoms with E-state index in [-0.39, 0.29) is 6.61 Å². The van der Waals surface area contributed by atoms with Crippen molar-refractivity contribution in [1.82, 2.24) is 0 Å². The lowest BCUT2D eigenvalue weighted by atomic mass is 10.2. The Kier molecular flexibility index (Phi) is 17.9. The van der Waals surface area contributed by atoms with Gasteiger partial charge in [-0.2, -0.15) is 0 Å². The van der Waals surface area contributed by atoms with E-state index in [4.69, 9.17) is 0 Å². The largest absolute Gasteiger partial charge is 0.237 e. The van der Waals surface area contributed by atoms with E-state index in [1.807, 2.05) is 0 Å². The van der Waals surface area contributed by atoms with E-state index in [0.717, 1.165) is 38.5 Å². The van der Waals surface area contributed by atoms with Crippen LogP contribution in [0.3, 0.4) is 0 Å². The quantitative estimate of drug-likeness (QED) is 0.255. The zero-order chi connectivity index (χ0) is 15.4. The van der Waals surface area contributed by atoms with Crippen LogP contribution in [0.25, 0.3) is 0 Å².